The Kier molecular flexibility index (Phi) is 6.84. The van der Waals surface area contributed by atoms with Gasteiger partial charge in [-0.15, -0.1) is 0 Å². The number of fused-ring (bicyclic) bond motifs is 1. The van der Waals surface area contributed by atoms with Gasteiger partial charge in [-0.05, 0) is 85.1 Å². The Labute approximate surface area is 207 Å². The molecule has 4 rings (SSSR count). The predicted octanol–water partition coefficient (Wildman–Crippen LogP) is 6.38. The van der Waals surface area contributed by atoms with Crippen molar-refractivity contribution in [2.75, 3.05) is 11.9 Å². The van der Waals surface area contributed by atoms with Crippen LogP contribution in [0.2, 0.25) is 0 Å². The first-order valence-corrected chi connectivity index (χ1v) is 12.0. The molecule has 0 aliphatic carbocycles. The zero-order chi connectivity index (χ0) is 24.4. The minimum Gasteiger partial charge on any atom is -0.315 e. The molecule has 0 saturated heterocycles. The number of rotatable bonds is 5. The van der Waals surface area contributed by atoms with E-state index in [2.05, 4.69) is 21.2 Å². The summed E-state index contributed by atoms with van der Waals surface area (Å²) < 4.78 is 2.45. The Bertz CT molecular complexity index is 1430. The molecule has 174 valence electrons. The Hall–Kier alpha value is -3.45. The summed E-state index contributed by atoms with van der Waals surface area (Å²) in [6.07, 6.45) is 0. The second kappa shape index (κ2) is 9.81. The summed E-state index contributed by atoms with van der Waals surface area (Å²) >= 11 is 3.48. The van der Waals surface area contributed by atoms with E-state index in [1.54, 1.807) is 15.5 Å². The summed E-state index contributed by atoms with van der Waals surface area (Å²) in [5, 5.41) is 3.51. The minimum atomic E-state index is -0.468. The molecule has 0 saturated carbocycles. The molecular formula is C27H27BrN4O2. The summed E-state index contributed by atoms with van der Waals surface area (Å²) in [6, 6.07) is 20.1. The molecule has 4 aromatic rings. The smallest absolute Gasteiger partial charge is 0.315 e. The van der Waals surface area contributed by atoms with Crippen LogP contribution in [-0.2, 0) is 0 Å². The van der Waals surface area contributed by atoms with Crippen LogP contribution in [0.4, 0.5) is 10.5 Å². The molecule has 0 fully saturated rings. The molecule has 0 aliphatic rings. The van der Waals surface area contributed by atoms with Gasteiger partial charge < -0.3 is 10.2 Å². The number of amides is 2. The highest BCUT2D eigenvalue weighted by atomic mass is 79.9. The van der Waals surface area contributed by atoms with E-state index in [0.717, 1.165) is 21.3 Å². The number of aryl methyl sites for hydroxylation is 2. The number of aromatic nitrogens is 2. The average Bonchev–Trinajstić information content (AvgIpc) is 2.82. The fraction of sp³-hybridized carbons (Fsp3) is 0.222. The maximum absolute atomic E-state index is 13.7. The molecule has 1 unspecified atom stereocenters. The van der Waals surface area contributed by atoms with Crippen molar-refractivity contribution >= 4 is 38.6 Å². The van der Waals surface area contributed by atoms with Gasteiger partial charge in [-0.1, -0.05) is 36.4 Å². The normalized spacial score (nSPS) is 11.9. The van der Waals surface area contributed by atoms with Crippen molar-refractivity contribution < 1.29 is 4.79 Å². The van der Waals surface area contributed by atoms with Gasteiger partial charge in [0, 0.05) is 11.0 Å². The summed E-state index contributed by atoms with van der Waals surface area (Å²) in [4.78, 5) is 33.6. The number of anilines is 1. The number of urea groups is 1. The van der Waals surface area contributed by atoms with Crippen LogP contribution in [0.3, 0.4) is 0 Å². The summed E-state index contributed by atoms with van der Waals surface area (Å²) in [5.74, 6) is 0.515. The first-order chi connectivity index (χ1) is 16.3. The number of halogens is 1. The highest BCUT2D eigenvalue weighted by Gasteiger charge is 2.26. The zero-order valence-corrected chi connectivity index (χ0v) is 21.3. The second-order valence-corrected chi connectivity index (χ2v) is 9.14. The van der Waals surface area contributed by atoms with Gasteiger partial charge in [-0.2, -0.15) is 0 Å². The lowest BCUT2D eigenvalue weighted by Crippen LogP contribution is -2.40. The van der Waals surface area contributed by atoms with Crippen molar-refractivity contribution in [3.8, 4) is 5.69 Å². The van der Waals surface area contributed by atoms with E-state index in [0.29, 0.717) is 29.0 Å². The third kappa shape index (κ3) is 4.48. The minimum absolute atomic E-state index is 0.150. The van der Waals surface area contributed by atoms with Crippen molar-refractivity contribution in [2.24, 2.45) is 0 Å². The topological polar surface area (TPSA) is 67.2 Å². The number of benzene rings is 3. The fourth-order valence-corrected chi connectivity index (χ4v) is 4.49. The zero-order valence-electron chi connectivity index (χ0n) is 19.7. The van der Waals surface area contributed by atoms with Crippen LogP contribution in [0.25, 0.3) is 16.6 Å². The summed E-state index contributed by atoms with van der Waals surface area (Å²) in [5.41, 5.74) is 3.91. The van der Waals surface area contributed by atoms with E-state index >= 15 is 0 Å². The van der Waals surface area contributed by atoms with Gasteiger partial charge in [0.15, 0.2) is 0 Å². The highest BCUT2D eigenvalue weighted by molar-refractivity contribution is 9.10. The molecule has 6 nitrogen and oxygen atoms in total. The first-order valence-electron chi connectivity index (χ1n) is 11.2. The molecule has 7 heteroatoms. The van der Waals surface area contributed by atoms with Crippen LogP contribution in [0.1, 0.15) is 36.8 Å². The number of hydrogen-bond acceptors (Lipinski definition) is 3. The number of carbonyl (C=O) groups excluding carboxylic acids is 1. The number of nitrogens with zero attached hydrogens (tertiary/aromatic N) is 3. The highest BCUT2D eigenvalue weighted by Crippen LogP contribution is 2.27. The van der Waals surface area contributed by atoms with Crippen LogP contribution >= 0.6 is 15.9 Å². The third-order valence-electron chi connectivity index (χ3n) is 5.97. The van der Waals surface area contributed by atoms with Crippen LogP contribution in [0, 0.1) is 13.8 Å². The largest absolute Gasteiger partial charge is 0.322 e. The van der Waals surface area contributed by atoms with Crippen LogP contribution in [0.5, 0.6) is 0 Å². The number of hydrogen-bond donors (Lipinski definition) is 1. The Morgan fingerprint density at radius 2 is 1.79 bits per heavy atom. The van der Waals surface area contributed by atoms with Crippen molar-refractivity contribution in [3.63, 3.8) is 0 Å². The van der Waals surface area contributed by atoms with Gasteiger partial charge in [0.2, 0.25) is 0 Å². The monoisotopic (exact) mass is 518 g/mol. The summed E-state index contributed by atoms with van der Waals surface area (Å²) in [6.45, 7) is 8.23. The molecule has 0 aliphatic heterocycles. The third-order valence-corrected chi connectivity index (χ3v) is 6.66. The van der Waals surface area contributed by atoms with E-state index in [1.165, 1.54) is 0 Å². The molecular weight excluding hydrogens is 492 g/mol. The molecule has 3 aromatic carbocycles. The molecule has 1 N–H and O–H groups in total. The lowest BCUT2D eigenvalue weighted by molar-refractivity contribution is 0.193. The Morgan fingerprint density at radius 3 is 2.53 bits per heavy atom. The SMILES string of the molecule is CCN(C(=O)Nc1ccccc1Br)C(C)c1nc2ccccc2c(=O)n1-c1cc(C)ccc1C. The maximum atomic E-state index is 13.7. The lowest BCUT2D eigenvalue weighted by Gasteiger charge is -2.30. The maximum Gasteiger partial charge on any atom is 0.322 e. The number of carbonyl (C=O) groups is 1. The van der Waals surface area contributed by atoms with E-state index in [-0.39, 0.29) is 11.6 Å². The van der Waals surface area contributed by atoms with Crippen LogP contribution in [0.15, 0.2) is 76.0 Å². The van der Waals surface area contributed by atoms with E-state index in [9.17, 15) is 9.59 Å². The Balaban J connectivity index is 1.86. The van der Waals surface area contributed by atoms with Gasteiger partial charge in [0.25, 0.3) is 5.56 Å². The predicted molar refractivity (Wildman–Crippen MR) is 141 cm³/mol. The molecule has 0 spiro atoms. The lowest BCUT2D eigenvalue weighted by atomic mass is 10.1. The standard InChI is InChI=1S/C27H27BrN4O2/c1-5-31(27(34)30-23-13-9-7-11-21(23)28)19(4)25-29-22-12-8-6-10-20(22)26(33)32(25)24-16-17(2)14-15-18(24)3/h6-16,19H,5H2,1-4H3,(H,30,34). The van der Waals surface area contributed by atoms with Crippen LogP contribution in [-0.4, -0.2) is 27.0 Å². The van der Waals surface area contributed by atoms with Crippen molar-refractivity contribution in [3.05, 3.63) is 98.5 Å². The Morgan fingerprint density at radius 1 is 1.09 bits per heavy atom. The molecule has 2 amide bonds. The quantitative estimate of drug-likeness (QED) is 0.333. The molecule has 34 heavy (non-hydrogen) atoms. The molecule has 1 aromatic heterocycles. The van der Waals surface area contributed by atoms with E-state index in [1.807, 2.05) is 88.4 Å². The van der Waals surface area contributed by atoms with Gasteiger partial charge >= 0.3 is 6.03 Å². The van der Waals surface area contributed by atoms with E-state index in [4.69, 9.17) is 4.98 Å². The van der Waals surface area contributed by atoms with Crippen LogP contribution < -0.4 is 10.9 Å². The number of nitrogens with one attached hydrogen (secondary N) is 1. The fourth-order valence-electron chi connectivity index (χ4n) is 4.11. The molecule has 0 bridgehead atoms. The van der Waals surface area contributed by atoms with Crippen molar-refractivity contribution in [1.82, 2.24) is 14.5 Å². The van der Waals surface area contributed by atoms with Gasteiger partial charge in [-0.25, -0.2) is 9.78 Å². The van der Waals surface area contributed by atoms with Gasteiger partial charge in [0.05, 0.1) is 28.3 Å². The second-order valence-electron chi connectivity index (χ2n) is 8.29. The van der Waals surface area contributed by atoms with Crippen molar-refractivity contribution in [1.29, 1.82) is 0 Å². The average molecular weight is 519 g/mol. The van der Waals surface area contributed by atoms with Gasteiger partial charge in [0.1, 0.15) is 5.82 Å². The summed E-state index contributed by atoms with van der Waals surface area (Å²) in [7, 11) is 0. The molecule has 1 heterocycles. The van der Waals surface area contributed by atoms with Crippen molar-refractivity contribution in [2.45, 2.75) is 33.7 Å². The van der Waals surface area contributed by atoms with Gasteiger partial charge in [-0.3, -0.25) is 9.36 Å². The molecule has 1 atom stereocenters. The number of para-hydroxylation sites is 2. The first kappa shape index (κ1) is 23.7. The van der Waals surface area contributed by atoms with E-state index < -0.39 is 6.04 Å². The molecule has 0 radical (unpaired) electrons.